The fraction of sp³-hybridized carbons (Fsp3) is 0.714. The SMILES string of the molecule is CC(C)(Cl)C(=O)OCCC(=O)O. The molecular formula is C7H11ClO4. The average molecular weight is 195 g/mol. The third kappa shape index (κ3) is 4.96. The Morgan fingerprint density at radius 1 is 1.50 bits per heavy atom. The average Bonchev–Trinajstić information content (AvgIpc) is 1.84. The number of carboxylic acid groups (broad SMARTS) is 1. The molecule has 70 valence electrons. The number of alkyl halides is 1. The van der Waals surface area contributed by atoms with Crippen LogP contribution in [-0.2, 0) is 14.3 Å². The molecule has 0 bridgehead atoms. The Hall–Kier alpha value is -0.770. The van der Waals surface area contributed by atoms with Crippen LogP contribution >= 0.6 is 11.6 Å². The molecule has 0 aliphatic heterocycles. The fourth-order valence-corrected chi connectivity index (χ4v) is 0.457. The first-order chi connectivity index (χ1) is 5.34. The van der Waals surface area contributed by atoms with Crippen LogP contribution in [0.3, 0.4) is 0 Å². The number of hydrogen-bond donors (Lipinski definition) is 1. The third-order valence-electron chi connectivity index (χ3n) is 1.03. The van der Waals surface area contributed by atoms with Crippen molar-refractivity contribution in [2.45, 2.75) is 25.1 Å². The monoisotopic (exact) mass is 194 g/mol. The lowest BCUT2D eigenvalue weighted by atomic mass is 10.2. The molecule has 0 spiro atoms. The van der Waals surface area contributed by atoms with Crippen LogP contribution < -0.4 is 0 Å². The zero-order valence-electron chi connectivity index (χ0n) is 6.96. The molecule has 0 aromatic heterocycles. The molecule has 0 saturated heterocycles. The fourth-order valence-electron chi connectivity index (χ4n) is 0.403. The number of aliphatic carboxylic acids is 1. The number of carbonyl (C=O) groups excluding carboxylic acids is 1. The molecule has 0 rings (SSSR count). The van der Waals surface area contributed by atoms with Crippen LogP contribution in [0.4, 0.5) is 0 Å². The number of carbonyl (C=O) groups is 2. The van der Waals surface area contributed by atoms with Crippen molar-refractivity contribution in [3.8, 4) is 0 Å². The van der Waals surface area contributed by atoms with Crippen LogP contribution in [0.1, 0.15) is 20.3 Å². The smallest absolute Gasteiger partial charge is 0.326 e. The van der Waals surface area contributed by atoms with Crippen molar-refractivity contribution in [3.63, 3.8) is 0 Å². The summed E-state index contributed by atoms with van der Waals surface area (Å²) in [5.41, 5.74) is 0. The van der Waals surface area contributed by atoms with E-state index in [-0.39, 0.29) is 13.0 Å². The predicted molar refractivity (Wildman–Crippen MR) is 43.1 cm³/mol. The summed E-state index contributed by atoms with van der Waals surface area (Å²) in [5, 5.41) is 8.20. The first kappa shape index (κ1) is 11.2. The molecule has 5 heteroatoms. The van der Waals surface area contributed by atoms with Gasteiger partial charge in [0.1, 0.15) is 11.5 Å². The number of hydrogen-bond acceptors (Lipinski definition) is 3. The molecular weight excluding hydrogens is 184 g/mol. The van der Waals surface area contributed by atoms with Crippen LogP contribution in [0.25, 0.3) is 0 Å². The van der Waals surface area contributed by atoms with Crippen molar-refractivity contribution in [2.24, 2.45) is 0 Å². The Labute approximate surface area is 75.5 Å². The lowest BCUT2D eigenvalue weighted by Crippen LogP contribution is -2.27. The molecule has 0 aromatic rings. The van der Waals surface area contributed by atoms with Gasteiger partial charge >= 0.3 is 11.9 Å². The molecule has 0 aromatic carbocycles. The van der Waals surface area contributed by atoms with Gasteiger partial charge in [0.15, 0.2) is 0 Å². The number of halogens is 1. The highest BCUT2D eigenvalue weighted by atomic mass is 35.5. The highest BCUT2D eigenvalue weighted by Crippen LogP contribution is 2.14. The van der Waals surface area contributed by atoms with E-state index >= 15 is 0 Å². The standard InChI is InChI=1S/C7H11ClO4/c1-7(2,8)6(11)12-4-3-5(9)10/h3-4H2,1-2H3,(H,9,10). The van der Waals surface area contributed by atoms with Crippen LogP contribution in [0.15, 0.2) is 0 Å². The van der Waals surface area contributed by atoms with Crippen molar-refractivity contribution >= 4 is 23.5 Å². The summed E-state index contributed by atoms with van der Waals surface area (Å²) < 4.78 is 4.57. The lowest BCUT2D eigenvalue weighted by Gasteiger charge is -2.13. The van der Waals surface area contributed by atoms with Gasteiger partial charge in [-0.1, -0.05) is 0 Å². The summed E-state index contributed by atoms with van der Waals surface area (Å²) in [6, 6.07) is 0. The van der Waals surface area contributed by atoms with Crippen LogP contribution in [0.2, 0.25) is 0 Å². The summed E-state index contributed by atoms with van der Waals surface area (Å²) in [6.07, 6.45) is -0.196. The Bertz CT molecular complexity index is 182. The van der Waals surface area contributed by atoms with Crippen molar-refractivity contribution in [1.82, 2.24) is 0 Å². The second kappa shape index (κ2) is 4.30. The summed E-state index contributed by atoms with van der Waals surface area (Å²) in [6.45, 7) is 2.83. The molecule has 0 unspecified atom stereocenters. The topological polar surface area (TPSA) is 63.6 Å². The van der Waals surface area contributed by atoms with E-state index in [0.717, 1.165) is 0 Å². The molecule has 4 nitrogen and oxygen atoms in total. The summed E-state index contributed by atoms with van der Waals surface area (Å²) in [4.78, 5) is 19.8. The molecule has 0 heterocycles. The van der Waals surface area contributed by atoms with Gasteiger partial charge in [0.2, 0.25) is 0 Å². The maximum absolute atomic E-state index is 10.9. The van der Waals surface area contributed by atoms with Gasteiger partial charge in [0, 0.05) is 0 Å². The van der Waals surface area contributed by atoms with Crippen LogP contribution in [0.5, 0.6) is 0 Å². The number of rotatable bonds is 4. The van der Waals surface area contributed by atoms with Crippen molar-refractivity contribution in [2.75, 3.05) is 6.61 Å². The van der Waals surface area contributed by atoms with Crippen molar-refractivity contribution in [1.29, 1.82) is 0 Å². The zero-order valence-corrected chi connectivity index (χ0v) is 7.72. The molecule has 0 aliphatic carbocycles. The second-order valence-electron chi connectivity index (χ2n) is 2.75. The maximum atomic E-state index is 10.9. The Morgan fingerprint density at radius 2 is 2.00 bits per heavy atom. The zero-order chi connectivity index (χ0) is 9.78. The second-order valence-corrected chi connectivity index (χ2v) is 3.70. The van der Waals surface area contributed by atoms with Gasteiger partial charge in [-0.15, -0.1) is 11.6 Å². The Morgan fingerprint density at radius 3 is 2.33 bits per heavy atom. The molecule has 0 aliphatic rings. The summed E-state index contributed by atoms with van der Waals surface area (Å²) in [7, 11) is 0. The Kier molecular flexibility index (Phi) is 4.03. The first-order valence-electron chi connectivity index (χ1n) is 3.42. The molecule has 0 atom stereocenters. The summed E-state index contributed by atoms with van der Waals surface area (Å²) in [5.74, 6) is -1.61. The van der Waals surface area contributed by atoms with Crippen LogP contribution in [-0.4, -0.2) is 28.5 Å². The number of ether oxygens (including phenoxy) is 1. The van der Waals surface area contributed by atoms with E-state index < -0.39 is 16.8 Å². The van der Waals surface area contributed by atoms with E-state index in [9.17, 15) is 9.59 Å². The van der Waals surface area contributed by atoms with Gasteiger partial charge in [-0.05, 0) is 13.8 Å². The van der Waals surface area contributed by atoms with Crippen molar-refractivity contribution in [3.05, 3.63) is 0 Å². The quantitative estimate of drug-likeness (QED) is 0.536. The minimum atomic E-state index is -1.08. The number of carboxylic acids is 1. The lowest BCUT2D eigenvalue weighted by molar-refractivity contribution is -0.148. The molecule has 0 saturated carbocycles. The largest absolute Gasteiger partial charge is 0.481 e. The highest BCUT2D eigenvalue weighted by Gasteiger charge is 2.25. The van der Waals surface area contributed by atoms with Gasteiger partial charge in [-0.2, -0.15) is 0 Å². The van der Waals surface area contributed by atoms with Gasteiger partial charge in [0.05, 0.1) is 6.42 Å². The van der Waals surface area contributed by atoms with E-state index in [0.29, 0.717) is 0 Å². The van der Waals surface area contributed by atoms with Crippen molar-refractivity contribution < 1.29 is 19.4 Å². The van der Waals surface area contributed by atoms with E-state index in [1.807, 2.05) is 0 Å². The summed E-state index contributed by atoms with van der Waals surface area (Å²) >= 11 is 5.58. The maximum Gasteiger partial charge on any atom is 0.326 e. The van der Waals surface area contributed by atoms with E-state index in [2.05, 4.69) is 4.74 Å². The van der Waals surface area contributed by atoms with Gasteiger partial charge < -0.3 is 9.84 Å². The third-order valence-corrected chi connectivity index (χ3v) is 1.19. The van der Waals surface area contributed by atoms with E-state index in [1.54, 1.807) is 0 Å². The van der Waals surface area contributed by atoms with Gasteiger partial charge in [0.25, 0.3) is 0 Å². The van der Waals surface area contributed by atoms with Gasteiger partial charge in [-0.3, -0.25) is 9.59 Å². The minimum absolute atomic E-state index is 0.135. The van der Waals surface area contributed by atoms with E-state index in [4.69, 9.17) is 16.7 Å². The molecule has 1 N–H and O–H groups in total. The minimum Gasteiger partial charge on any atom is -0.481 e. The first-order valence-corrected chi connectivity index (χ1v) is 3.80. The Balaban J connectivity index is 3.66. The molecule has 12 heavy (non-hydrogen) atoms. The highest BCUT2D eigenvalue weighted by molar-refractivity contribution is 6.33. The predicted octanol–water partition coefficient (Wildman–Crippen LogP) is 1.02. The van der Waals surface area contributed by atoms with Crippen LogP contribution in [0, 0.1) is 0 Å². The van der Waals surface area contributed by atoms with Gasteiger partial charge in [-0.25, -0.2) is 0 Å². The normalized spacial score (nSPS) is 10.9. The van der Waals surface area contributed by atoms with E-state index in [1.165, 1.54) is 13.8 Å². The molecule has 0 amide bonds. The number of esters is 1. The molecule has 0 radical (unpaired) electrons. The molecule has 0 fully saturated rings.